The van der Waals surface area contributed by atoms with Gasteiger partial charge in [0, 0.05) is 16.8 Å². The number of aromatic nitrogens is 2. The second kappa shape index (κ2) is 10.0. The quantitative estimate of drug-likeness (QED) is 0.419. The van der Waals surface area contributed by atoms with E-state index in [1.54, 1.807) is 16.9 Å². The van der Waals surface area contributed by atoms with Gasteiger partial charge in [0.25, 0.3) is 11.8 Å². The highest BCUT2D eigenvalue weighted by Crippen LogP contribution is 2.24. The Morgan fingerprint density at radius 1 is 0.909 bits per heavy atom. The summed E-state index contributed by atoms with van der Waals surface area (Å²) in [4.78, 5) is 25.6. The highest BCUT2D eigenvalue weighted by molar-refractivity contribution is 6.30. The number of carbonyl (C=O) groups is 2. The maximum absolute atomic E-state index is 13.0. The molecule has 0 saturated heterocycles. The third kappa shape index (κ3) is 5.22. The van der Waals surface area contributed by atoms with E-state index < -0.39 is 11.8 Å². The van der Waals surface area contributed by atoms with Gasteiger partial charge in [-0.05, 0) is 23.8 Å². The molecule has 8 heteroatoms. The number of benzene rings is 3. The summed E-state index contributed by atoms with van der Waals surface area (Å²) in [7, 11) is 1.44. The Hall–Kier alpha value is -4.10. The van der Waals surface area contributed by atoms with E-state index >= 15 is 0 Å². The zero-order valence-corrected chi connectivity index (χ0v) is 18.5. The molecule has 0 aliphatic carbocycles. The number of nitrogens with zero attached hydrogens (tertiary/aromatic N) is 2. The van der Waals surface area contributed by atoms with Gasteiger partial charge in [-0.15, -0.1) is 0 Å². The number of rotatable bonds is 6. The average Bonchev–Trinajstić information content (AvgIpc) is 3.27. The van der Waals surface area contributed by atoms with Crippen LogP contribution in [0.5, 0.6) is 5.75 Å². The maximum atomic E-state index is 13.0. The second-order valence-electron chi connectivity index (χ2n) is 7.19. The first kappa shape index (κ1) is 22.1. The van der Waals surface area contributed by atoms with E-state index in [0.717, 1.165) is 11.1 Å². The van der Waals surface area contributed by atoms with Gasteiger partial charge in [-0.1, -0.05) is 72.3 Å². The van der Waals surface area contributed by atoms with Gasteiger partial charge >= 0.3 is 0 Å². The fourth-order valence-electron chi connectivity index (χ4n) is 3.35. The second-order valence-corrected chi connectivity index (χ2v) is 7.63. The molecular weight excluding hydrogens is 440 g/mol. The molecule has 0 spiro atoms. The highest BCUT2D eigenvalue weighted by Gasteiger charge is 2.20. The van der Waals surface area contributed by atoms with Crippen molar-refractivity contribution in [3.63, 3.8) is 0 Å². The summed E-state index contributed by atoms with van der Waals surface area (Å²) >= 11 is 5.95. The van der Waals surface area contributed by atoms with E-state index in [2.05, 4.69) is 16.0 Å². The Balaban J connectivity index is 1.56. The van der Waals surface area contributed by atoms with Crippen LogP contribution < -0.4 is 15.6 Å². The van der Waals surface area contributed by atoms with Crippen LogP contribution >= 0.6 is 11.6 Å². The van der Waals surface area contributed by atoms with Gasteiger partial charge in [-0.2, -0.15) is 5.10 Å². The van der Waals surface area contributed by atoms with Crippen molar-refractivity contribution in [2.45, 2.75) is 6.54 Å². The van der Waals surface area contributed by atoms with Crippen LogP contribution in [0.4, 0.5) is 0 Å². The number of halogens is 1. The zero-order valence-electron chi connectivity index (χ0n) is 17.8. The summed E-state index contributed by atoms with van der Waals surface area (Å²) in [5.41, 5.74) is 7.83. The third-order valence-corrected chi connectivity index (χ3v) is 5.17. The molecule has 2 amide bonds. The first-order chi connectivity index (χ1) is 16.0. The smallest absolute Gasteiger partial charge is 0.273 e. The van der Waals surface area contributed by atoms with E-state index in [9.17, 15) is 9.59 Å². The van der Waals surface area contributed by atoms with Crippen molar-refractivity contribution in [1.29, 1.82) is 0 Å². The minimum absolute atomic E-state index is 0.241. The molecular formula is C25H21ClN4O3. The van der Waals surface area contributed by atoms with Crippen molar-refractivity contribution < 1.29 is 14.3 Å². The van der Waals surface area contributed by atoms with E-state index in [-0.39, 0.29) is 5.56 Å². The summed E-state index contributed by atoms with van der Waals surface area (Å²) in [6.45, 7) is 0.502. The summed E-state index contributed by atoms with van der Waals surface area (Å²) in [6.07, 6.45) is 1.67. The fourth-order valence-corrected chi connectivity index (χ4v) is 3.51. The topological polar surface area (TPSA) is 85.3 Å². The lowest BCUT2D eigenvalue weighted by Gasteiger charge is -2.10. The van der Waals surface area contributed by atoms with Crippen LogP contribution in [0.2, 0.25) is 5.02 Å². The molecule has 4 aromatic rings. The number of carbonyl (C=O) groups excluding carboxylic acids is 2. The first-order valence-corrected chi connectivity index (χ1v) is 10.5. The molecule has 1 aromatic heterocycles. The van der Waals surface area contributed by atoms with Crippen LogP contribution in [0.25, 0.3) is 11.3 Å². The van der Waals surface area contributed by atoms with Gasteiger partial charge in [0.05, 0.1) is 24.8 Å². The minimum atomic E-state index is -0.533. The average molecular weight is 461 g/mol. The van der Waals surface area contributed by atoms with Crippen molar-refractivity contribution in [2.75, 3.05) is 7.11 Å². The predicted molar refractivity (Wildman–Crippen MR) is 126 cm³/mol. The summed E-state index contributed by atoms with van der Waals surface area (Å²) in [5.74, 6) is -0.723. The minimum Gasteiger partial charge on any atom is -0.496 e. The molecule has 166 valence electrons. The largest absolute Gasteiger partial charge is 0.496 e. The van der Waals surface area contributed by atoms with Gasteiger partial charge in [-0.25, -0.2) is 0 Å². The van der Waals surface area contributed by atoms with Crippen LogP contribution in [0.15, 0.2) is 85.1 Å². The Morgan fingerprint density at radius 3 is 2.21 bits per heavy atom. The molecule has 33 heavy (non-hydrogen) atoms. The van der Waals surface area contributed by atoms with Gasteiger partial charge < -0.3 is 4.74 Å². The Kier molecular flexibility index (Phi) is 6.71. The Labute approximate surface area is 195 Å². The third-order valence-electron chi connectivity index (χ3n) is 4.94. The molecule has 0 unspecified atom stereocenters. The van der Waals surface area contributed by atoms with Crippen molar-refractivity contribution in [3.8, 4) is 17.0 Å². The molecule has 3 aromatic carbocycles. The number of hydrogen-bond donors (Lipinski definition) is 2. The standard InChI is InChI=1S/C25H21ClN4O3/c1-33-22-14-19(26)12-13-20(22)24(31)27-28-25(32)21-16-30(15-17-8-4-2-5-9-17)29-23(21)18-10-6-3-7-11-18/h2-14,16H,15H2,1H3,(H,27,31)(H,28,32). The fraction of sp³-hybridized carbons (Fsp3) is 0.0800. The number of nitrogens with one attached hydrogen (secondary N) is 2. The molecule has 7 nitrogen and oxygen atoms in total. The normalized spacial score (nSPS) is 10.5. The maximum Gasteiger partial charge on any atom is 0.273 e. The molecule has 0 aliphatic heterocycles. The van der Waals surface area contributed by atoms with Gasteiger partial charge in [0.1, 0.15) is 11.4 Å². The SMILES string of the molecule is COc1cc(Cl)ccc1C(=O)NNC(=O)c1cn(Cc2ccccc2)nc1-c1ccccc1. The van der Waals surface area contributed by atoms with Crippen LogP contribution in [0, 0.1) is 0 Å². The van der Waals surface area contributed by atoms with E-state index in [1.165, 1.54) is 19.2 Å². The Morgan fingerprint density at radius 2 is 1.55 bits per heavy atom. The number of methoxy groups -OCH3 is 1. The van der Waals surface area contributed by atoms with Gasteiger partial charge in [0.2, 0.25) is 0 Å². The molecule has 0 radical (unpaired) electrons. The van der Waals surface area contributed by atoms with Crippen molar-refractivity contribution in [3.05, 3.63) is 107 Å². The predicted octanol–water partition coefficient (Wildman–Crippen LogP) is 4.34. The van der Waals surface area contributed by atoms with Gasteiger partial charge in [0.15, 0.2) is 0 Å². The summed E-state index contributed by atoms with van der Waals surface area (Å²) < 4.78 is 6.91. The lowest BCUT2D eigenvalue weighted by Crippen LogP contribution is -2.41. The molecule has 0 aliphatic rings. The van der Waals surface area contributed by atoms with Crippen molar-refractivity contribution >= 4 is 23.4 Å². The molecule has 1 heterocycles. The molecule has 0 atom stereocenters. The van der Waals surface area contributed by atoms with E-state index in [1.807, 2.05) is 60.7 Å². The van der Waals surface area contributed by atoms with Crippen molar-refractivity contribution in [2.24, 2.45) is 0 Å². The number of hydrogen-bond acceptors (Lipinski definition) is 4. The Bertz CT molecular complexity index is 1270. The first-order valence-electron chi connectivity index (χ1n) is 10.2. The monoisotopic (exact) mass is 460 g/mol. The molecule has 0 saturated carbocycles. The van der Waals surface area contributed by atoms with E-state index in [4.69, 9.17) is 16.3 Å². The number of ether oxygens (including phenoxy) is 1. The number of amides is 2. The lowest BCUT2D eigenvalue weighted by atomic mass is 10.1. The molecule has 0 bridgehead atoms. The molecule has 4 rings (SSSR count). The van der Waals surface area contributed by atoms with E-state index in [0.29, 0.717) is 28.6 Å². The number of hydrazine groups is 1. The molecule has 2 N–H and O–H groups in total. The highest BCUT2D eigenvalue weighted by atomic mass is 35.5. The van der Waals surface area contributed by atoms with Crippen molar-refractivity contribution in [1.82, 2.24) is 20.6 Å². The summed E-state index contributed by atoms with van der Waals surface area (Å²) in [6, 6.07) is 23.8. The van der Waals surface area contributed by atoms with Crippen LogP contribution in [-0.4, -0.2) is 28.7 Å². The zero-order chi connectivity index (χ0) is 23.2. The van der Waals surface area contributed by atoms with Gasteiger partial charge in [-0.3, -0.25) is 25.1 Å². The van der Waals surface area contributed by atoms with Crippen LogP contribution in [0.3, 0.4) is 0 Å². The lowest BCUT2D eigenvalue weighted by molar-refractivity contribution is 0.0845. The molecule has 0 fully saturated rings. The van der Waals surface area contributed by atoms with Crippen LogP contribution in [-0.2, 0) is 6.54 Å². The summed E-state index contributed by atoms with van der Waals surface area (Å²) in [5, 5.41) is 5.06. The van der Waals surface area contributed by atoms with Crippen LogP contribution in [0.1, 0.15) is 26.3 Å².